The lowest BCUT2D eigenvalue weighted by atomic mass is 9.83. The fraction of sp³-hybridized carbons (Fsp3) is 0.429. The van der Waals surface area contributed by atoms with E-state index in [-0.39, 0.29) is 24.3 Å². The Hall–Kier alpha value is -1.79. The summed E-state index contributed by atoms with van der Waals surface area (Å²) in [5, 5.41) is 34.1. The van der Waals surface area contributed by atoms with Crippen LogP contribution in [-0.4, -0.2) is 46.2 Å². The van der Waals surface area contributed by atoms with Gasteiger partial charge in [-0.1, -0.05) is 30.3 Å². The molecule has 0 bridgehead atoms. The predicted molar refractivity (Wildman–Crippen MR) is 108 cm³/mol. The van der Waals surface area contributed by atoms with Gasteiger partial charge in [0.2, 0.25) is 0 Å². The molecule has 1 aliphatic heterocycles. The number of rotatable bonds is 7. The summed E-state index contributed by atoms with van der Waals surface area (Å²) < 4.78 is 6.08. The van der Waals surface area contributed by atoms with Crippen molar-refractivity contribution in [1.29, 1.82) is 0 Å². The molecule has 0 aromatic heterocycles. The number of benzene rings is 2. The van der Waals surface area contributed by atoms with Crippen molar-refractivity contribution in [1.82, 2.24) is 5.32 Å². The van der Waals surface area contributed by atoms with Gasteiger partial charge in [0.05, 0.1) is 11.7 Å². The molecule has 1 saturated heterocycles. The number of hydrogen-bond acceptors (Lipinski definition) is 5. The fourth-order valence-corrected chi connectivity index (χ4v) is 3.43. The molecule has 1 fully saturated rings. The van der Waals surface area contributed by atoms with Gasteiger partial charge >= 0.3 is 0 Å². The molecule has 0 radical (unpaired) electrons. The Kier molecular flexibility index (Phi) is 7.92. The van der Waals surface area contributed by atoms with Crippen LogP contribution in [0.25, 0.3) is 0 Å². The smallest absolute Gasteiger partial charge is 0.120 e. The van der Waals surface area contributed by atoms with Crippen molar-refractivity contribution >= 4 is 12.4 Å². The summed E-state index contributed by atoms with van der Waals surface area (Å²) in [6.45, 7) is 1.41. The molecule has 4 N–H and O–H groups in total. The molecule has 0 aliphatic carbocycles. The van der Waals surface area contributed by atoms with Crippen molar-refractivity contribution in [3.8, 4) is 11.5 Å². The number of piperidine rings is 1. The Labute approximate surface area is 166 Å². The molecule has 1 aliphatic rings. The van der Waals surface area contributed by atoms with Gasteiger partial charge in [0.15, 0.2) is 0 Å². The van der Waals surface area contributed by atoms with Gasteiger partial charge in [-0.05, 0) is 55.8 Å². The normalized spacial score (nSPS) is 18.1. The van der Waals surface area contributed by atoms with Gasteiger partial charge in [-0.15, -0.1) is 12.4 Å². The molecule has 3 rings (SSSR count). The monoisotopic (exact) mass is 393 g/mol. The van der Waals surface area contributed by atoms with Crippen molar-refractivity contribution in [2.45, 2.75) is 43.5 Å². The van der Waals surface area contributed by atoms with E-state index < -0.39 is 11.7 Å². The van der Waals surface area contributed by atoms with Crippen molar-refractivity contribution in [2.24, 2.45) is 0 Å². The van der Waals surface area contributed by atoms with E-state index in [1.54, 1.807) is 24.3 Å². The lowest BCUT2D eigenvalue weighted by Gasteiger charge is -2.38. The van der Waals surface area contributed by atoms with Crippen molar-refractivity contribution in [2.75, 3.05) is 13.1 Å². The minimum Gasteiger partial charge on any atom is -0.508 e. The summed E-state index contributed by atoms with van der Waals surface area (Å²) in [6.07, 6.45) is 0.905. The highest BCUT2D eigenvalue weighted by molar-refractivity contribution is 5.85. The van der Waals surface area contributed by atoms with Crippen LogP contribution < -0.4 is 10.1 Å². The Morgan fingerprint density at radius 3 is 2.26 bits per heavy atom. The van der Waals surface area contributed by atoms with E-state index in [2.05, 4.69) is 5.32 Å². The number of phenols is 1. The summed E-state index contributed by atoms with van der Waals surface area (Å²) in [7, 11) is 0. The highest BCUT2D eigenvalue weighted by Crippen LogP contribution is 2.28. The Bertz CT molecular complexity index is 674. The highest BCUT2D eigenvalue weighted by atomic mass is 35.5. The zero-order valence-electron chi connectivity index (χ0n) is 15.3. The van der Waals surface area contributed by atoms with Crippen molar-refractivity contribution in [3.05, 3.63) is 60.2 Å². The van der Waals surface area contributed by atoms with Crippen molar-refractivity contribution < 1.29 is 20.1 Å². The number of aromatic hydroxyl groups is 1. The first-order valence-electron chi connectivity index (χ1n) is 9.16. The quantitative estimate of drug-likeness (QED) is 0.581. The van der Waals surface area contributed by atoms with Gasteiger partial charge in [-0.25, -0.2) is 0 Å². The number of ether oxygens (including phenoxy) is 1. The minimum atomic E-state index is -1.07. The van der Waals surface area contributed by atoms with E-state index in [9.17, 15) is 15.3 Å². The van der Waals surface area contributed by atoms with Crippen LogP contribution in [0.4, 0.5) is 0 Å². The maximum atomic E-state index is 10.8. The topological polar surface area (TPSA) is 82.0 Å². The molecular formula is C21H28ClNO4. The van der Waals surface area contributed by atoms with E-state index in [0.717, 1.165) is 5.56 Å². The van der Waals surface area contributed by atoms with Gasteiger partial charge in [-0.2, -0.15) is 0 Å². The molecular weight excluding hydrogens is 366 g/mol. The molecule has 2 atom stereocenters. The average Bonchev–Trinajstić information content (AvgIpc) is 2.65. The summed E-state index contributed by atoms with van der Waals surface area (Å²) in [5.41, 5.74) is 0.0409. The molecule has 5 nitrogen and oxygen atoms in total. The van der Waals surface area contributed by atoms with E-state index in [1.807, 2.05) is 30.3 Å². The van der Waals surface area contributed by atoms with Crippen molar-refractivity contribution in [3.63, 3.8) is 0 Å². The van der Waals surface area contributed by atoms with Gasteiger partial charge < -0.3 is 25.4 Å². The summed E-state index contributed by atoms with van der Waals surface area (Å²) in [6, 6.07) is 16.5. The number of nitrogens with one attached hydrogen (secondary N) is 1. The third-order valence-electron chi connectivity index (χ3n) is 5.02. The fourth-order valence-electron chi connectivity index (χ4n) is 3.43. The zero-order valence-corrected chi connectivity index (χ0v) is 16.1. The highest BCUT2D eigenvalue weighted by Gasteiger charge is 2.38. The predicted octanol–water partition coefficient (Wildman–Crippen LogP) is 2.67. The first-order chi connectivity index (χ1) is 12.5. The van der Waals surface area contributed by atoms with Gasteiger partial charge in [0.1, 0.15) is 17.6 Å². The molecule has 0 spiro atoms. The molecule has 6 heteroatoms. The third kappa shape index (κ3) is 6.11. The SMILES string of the molecule is Cl.Oc1ccc(OC(Cc2ccccc2)CC(O)C2(O)CCNCC2)cc1. The Morgan fingerprint density at radius 1 is 1.00 bits per heavy atom. The standard InChI is InChI=1S/C21H27NO4.ClH/c23-17-6-8-18(9-7-17)26-19(14-16-4-2-1-3-5-16)15-20(24)21(25)10-12-22-13-11-21;/h1-9,19-20,22-25H,10-15H2;1H. The molecule has 0 amide bonds. The largest absolute Gasteiger partial charge is 0.508 e. The van der Waals surface area contributed by atoms with Crippen LogP contribution in [-0.2, 0) is 6.42 Å². The molecule has 0 saturated carbocycles. The second-order valence-electron chi connectivity index (χ2n) is 7.03. The first-order valence-corrected chi connectivity index (χ1v) is 9.16. The van der Waals surface area contributed by atoms with Crippen LogP contribution in [0.15, 0.2) is 54.6 Å². The number of aliphatic hydroxyl groups excluding tert-OH is 1. The number of halogens is 1. The van der Waals surface area contributed by atoms with Gasteiger partial charge in [0, 0.05) is 12.8 Å². The number of phenolic OH excluding ortho intramolecular Hbond substituents is 1. The minimum absolute atomic E-state index is 0. The summed E-state index contributed by atoms with van der Waals surface area (Å²) in [4.78, 5) is 0. The lowest BCUT2D eigenvalue weighted by Crippen LogP contribution is -2.51. The van der Waals surface area contributed by atoms with Crippen LogP contribution >= 0.6 is 12.4 Å². The van der Waals surface area contributed by atoms with E-state index in [4.69, 9.17) is 4.74 Å². The molecule has 2 unspecified atom stereocenters. The maximum absolute atomic E-state index is 10.8. The molecule has 27 heavy (non-hydrogen) atoms. The third-order valence-corrected chi connectivity index (χ3v) is 5.02. The van der Waals surface area contributed by atoms with Crippen LogP contribution in [0.2, 0.25) is 0 Å². The molecule has 2 aromatic rings. The van der Waals surface area contributed by atoms with Crippen LogP contribution in [0.3, 0.4) is 0 Å². The van der Waals surface area contributed by atoms with E-state index in [0.29, 0.717) is 44.5 Å². The van der Waals surface area contributed by atoms with E-state index >= 15 is 0 Å². The average molecular weight is 394 g/mol. The Morgan fingerprint density at radius 2 is 1.63 bits per heavy atom. The van der Waals surface area contributed by atoms with Gasteiger partial charge in [0.25, 0.3) is 0 Å². The van der Waals surface area contributed by atoms with Crippen LogP contribution in [0.1, 0.15) is 24.8 Å². The molecule has 2 aromatic carbocycles. The van der Waals surface area contributed by atoms with E-state index in [1.165, 1.54) is 0 Å². The number of aliphatic hydroxyl groups is 2. The molecule has 1 heterocycles. The first kappa shape index (κ1) is 21.5. The summed E-state index contributed by atoms with van der Waals surface area (Å²) >= 11 is 0. The lowest BCUT2D eigenvalue weighted by molar-refractivity contribution is -0.105. The number of hydrogen-bond donors (Lipinski definition) is 4. The second-order valence-corrected chi connectivity index (χ2v) is 7.03. The van der Waals surface area contributed by atoms with Crippen LogP contribution in [0.5, 0.6) is 11.5 Å². The second kappa shape index (κ2) is 9.95. The summed E-state index contributed by atoms with van der Waals surface area (Å²) in [5.74, 6) is 0.814. The molecule has 148 valence electrons. The van der Waals surface area contributed by atoms with Crippen LogP contribution in [0, 0.1) is 0 Å². The Balaban J connectivity index is 0.00000261. The van der Waals surface area contributed by atoms with Gasteiger partial charge in [-0.3, -0.25) is 0 Å². The maximum Gasteiger partial charge on any atom is 0.120 e. The zero-order chi connectivity index (χ0) is 18.4.